The van der Waals surface area contributed by atoms with Crippen molar-refractivity contribution < 1.29 is 9.53 Å². The number of likely N-dealkylation sites (tertiary alicyclic amines) is 1. The zero-order valence-electron chi connectivity index (χ0n) is 17.2. The molecule has 2 aromatic carbocycles. The van der Waals surface area contributed by atoms with Gasteiger partial charge < -0.3 is 20.3 Å². The molecule has 2 N–H and O–H groups in total. The van der Waals surface area contributed by atoms with E-state index < -0.39 is 0 Å². The lowest BCUT2D eigenvalue weighted by Gasteiger charge is -2.29. The molecule has 5 heteroatoms. The van der Waals surface area contributed by atoms with Gasteiger partial charge in [0.2, 0.25) is 0 Å². The molecule has 4 rings (SSSR count). The second-order valence-corrected chi connectivity index (χ2v) is 8.33. The van der Waals surface area contributed by atoms with E-state index in [4.69, 9.17) is 4.74 Å². The van der Waals surface area contributed by atoms with Crippen molar-refractivity contribution >= 4 is 11.6 Å². The summed E-state index contributed by atoms with van der Waals surface area (Å²) in [5.41, 5.74) is 2.70. The highest BCUT2D eigenvalue weighted by atomic mass is 16.5. The number of ether oxygens (including phenoxy) is 1. The van der Waals surface area contributed by atoms with E-state index in [-0.39, 0.29) is 12.0 Å². The molecule has 29 heavy (non-hydrogen) atoms. The number of nitrogens with one attached hydrogen (secondary N) is 2. The number of benzene rings is 2. The number of rotatable bonds is 6. The number of piperidine rings is 1. The second-order valence-electron chi connectivity index (χ2n) is 8.33. The molecular formula is C24H31N3O2. The average molecular weight is 394 g/mol. The van der Waals surface area contributed by atoms with E-state index in [0.29, 0.717) is 11.5 Å². The van der Waals surface area contributed by atoms with Crippen molar-refractivity contribution in [2.45, 2.75) is 31.8 Å². The Morgan fingerprint density at radius 1 is 1.10 bits per heavy atom. The summed E-state index contributed by atoms with van der Waals surface area (Å²) in [5.74, 6) is 1.36. The smallest absolute Gasteiger partial charge is 0.255 e. The standard InChI is InChI=1S/C24H31N3O2/c1-27-14-11-21(12-15-27)29-23-5-3-2-4-22(23)26-24(28)20-8-6-18(7-9-20)16-19-10-13-25-17-19/h2-9,19,21,25H,10-17H2,1H3,(H,26,28). The minimum absolute atomic E-state index is 0.0986. The molecule has 0 aromatic heterocycles. The Morgan fingerprint density at radius 3 is 2.59 bits per heavy atom. The van der Waals surface area contributed by atoms with Gasteiger partial charge >= 0.3 is 0 Å². The van der Waals surface area contributed by atoms with Crippen molar-refractivity contribution in [2.75, 3.05) is 38.5 Å². The molecule has 1 amide bonds. The molecule has 1 unspecified atom stereocenters. The lowest BCUT2D eigenvalue weighted by atomic mass is 9.98. The number of hydrogen-bond donors (Lipinski definition) is 2. The zero-order valence-corrected chi connectivity index (χ0v) is 17.2. The summed E-state index contributed by atoms with van der Waals surface area (Å²) in [6.45, 7) is 4.30. The van der Waals surface area contributed by atoms with Crippen molar-refractivity contribution in [1.82, 2.24) is 10.2 Å². The highest BCUT2D eigenvalue weighted by molar-refractivity contribution is 6.05. The minimum Gasteiger partial charge on any atom is -0.488 e. The van der Waals surface area contributed by atoms with Crippen LogP contribution < -0.4 is 15.4 Å². The minimum atomic E-state index is -0.0986. The highest BCUT2D eigenvalue weighted by Gasteiger charge is 2.20. The summed E-state index contributed by atoms with van der Waals surface area (Å²) in [6.07, 6.45) is 4.53. The fourth-order valence-electron chi connectivity index (χ4n) is 4.16. The summed E-state index contributed by atoms with van der Waals surface area (Å²) < 4.78 is 6.22. The van der Waals surface area contributed by atoms with Crippen LogP contribution in [0.5, 0.6) is 5.75 Å². The fraction of sp³-hybridized carbons (Fsp3) is 0.458. The van der Waals surface area contributed by atoms with Crippen molar-refractivity contribution in [2.24, 2.45) is 5.92 Å². The van der Waals surface area contributed by atoms with Crippen molar-refractivity contribution in [3.8, 4) is 5.75 Å². The molecule has 2 aliphatic heterocycles. The quantitative estimate of drug-likeness (QED) is 0.788. The molecule has 1 atom stereocenters. The van der Waals surface area contributed by atoms with Gasteiger partial charge in [0.15, 0.2) is 0 Å². The Kier molecular flexibility index (Phi) is 6.47. The van der Waals surface area contributed by atoms with Gasteiger partial charge in [-0.3, -0.25) is 4.79 Å². The van der Waals surface area contributed by atoms with Crippen LogP contribution in [0, 0.1) is 5.92 Å². The lowest BCUT2D eigenvalue weighted by Crippen LogP contribution is -2.35. The molecule has 2 aromatic rings. The topological polar surface area (TPSA) is 53.6 Å². The third-order valence-corrected chi connectivity index (χ3v) is 6.00. The molecule has 0 radical (unpaired) electrons. The Bertz CT molecular complexity index is 807. The van der Waals surface area contributed by atoms with Crippen LogP contribution in [0.4, 0.5) is 5.69 Å². The molecule has 0 spiro atoms. The van der Waals surface area contributed by atoms with Crippen molar-refractivity contribution in [3.63, 3.8) is 0 Å². The largest absolute Gasteiger partial charge is 0.488 e. The van der Waals surface area contributed by atoms with Crippen LogP contribution >= 0.6 is 0 Å². The summed E-state index contributed by atoms with van der Waals surface area (Å²) >= 11 is 0. The SMILES string of the molecule is CN1CCC(Oc2ccccc2NC(=O)c2ccc(CC3CCNC3)cc2)CC1. The van der Waals surface area contributed by atoms with Crippen LogP contribution in [0.15, 0.2) is 48.5 Å². The third kappa shape index (κ3) is 5.37. The maximum absolute atomic E-state index is 12.8. The molecule has 0 aliphatic carbocycles. The van der Waals surface area contributed by atoms with Gasteiger partial charge in [0.05, 0.1) is 5.69 Å². The van der Waals surface area contributed by atoms with Crippen molar-refractivity contribution in [1.29, 1.82) is 0 Å². The van der Waals surface area contributed by atoms with E-state index in [1.807, 2.05) is 36.4 Å². The number of amides is 1. The zero-order chi connectivity index (χ0) is 20.1. The first-order chi connectivity index (χ1) is 14.2. The molecular weight excluding hydrogens is 362 g/mol. The van der Waals surface area contributed by atoms with E-state index in [1.54, 1.807) is 0 Å². The van der Waals surface area contributed by atoms with Crippen LogP contribution in [0.1, 0.15) is 35.2 Å². The predicted octanol–water partition coefficient (Wildman–Crippen LogP) is 3.56. The van der Waals surface area contributed by atoms with Gasteiger partial charge in [-0.05, 0) is 81.6 Å². The third-order valence-electron chi connectivity index (χ3n) is 6.00. The molecule has 2 aliphatic rings. The van der Waals surface area contributed by atoms with Crippen LogP contribution in [-0.4, -0.2) is 50.1 Å². The monoisotopic (exact) mass is 393 g/mol. The van der Waals surface area contributed by atoms with E-state index >= 15 is 0 Å². The Labute approximate surface area is 173 Å². The molecule has 0 saturated carbocycles. The maximum Gasteiger partial charge on any atom is 0.255 e. The van der Waals surface area contributed by atoms with Crippen LogP contribution in [0.3, 0.4) is 0 Å². The van der Waals surface area contributed by atoms with Crippen molar-refractivity contribution in [3.05, 3.63) is 59.7 Å². The normalized spacial score (nSPS) is 20.5. The first kappa shape index (κ1) is 19.9. The molecule has 2 fully saturated rings. The van der Waals surface area contributed by atoms with Gasteiger partial charge in [0.1, 0.15) is 11.9 Å². The predicted molar refractivity (Wildman–Crippen MR) is 117 cm³/mol. The molecule has 2 saturated heterocycles. The van der Waals surface area contributed by atoms with Crippen LogP contribution in [0.2, 0.25) is 0 Å². The summed E-state index contributed by atoms with van der Waals surface area (Å²) in [4.78, 5) is 15.1. The van der Waals surface area contributed by atoms with Gasteiger partial charge in [-0.1, -0.05) is 24.3 Å². The van der Waals surface area contributed by atoms with Crippen LogP contribution in [-0.2, 0) is 6.42 Å². The fourth-order valence-corrected chi connectivity index (χ4v) is 4.16. The van der Waals surface area contributed by atoms with Gasteiger partial charge in [-0.25, -0.2) is 0 Å². The number of anilines is 1. The Hall–Kier alpha value is -2.37. The highest BCUT2D eigenvalue weighted by Crippen LogP contribution is 2.28. The number of hydrogen-bond acceptors (Lipinski definition) is 4. The van der Waals surface area contributed by atoms with Gasteiger partial charge in [0.25, 0.3) is 5.91 Å². The number of nitrogens with zero attached hydrogens (tertiary/aromatic N) is 1. The van der Waals surface area contributed by atoms with E-state index in [2.05, 4.69) is 34.7 Å². The van der Waals surface area contributed by atoms with Gasteiger partial charge in [-0.2, -0.15) is 0 Å². The Morgan fingerprint density at radius 2 is 1.86 bits per heavy atom. The first-order valence-electron chi connectivity index (χ1n) is 10.7. The van der Waals surface area contributed by atoms with E-state index in [1.165, 1.54) is 12.0 Å². The van der Waals surface area contributed by atoms with Gasteiger partial charge in [-0.15, -0.1) is 0 Å². The molecule has 154 valence electrons. The Balaban J connectivity index is 1.37. The van der Waals surface area contributed by atoms with E-state index in [9.17, 15) is 4.79 Å². The van der Waals surface area contributed by atoms with Crippen LogP contribution in [0.25, 0.3) is 0 Å². The van der Waals surface area contributed by atoms with E-state index in [0.717, 1.165) is 56.9 Å². The summed E-state index contributed by atoms with van der Waals surface area (Å²) in [6, 6.07) is 15.7. The second kappa shape index (κ2) is 9.42. The molecule has 0 bridgehead atoms. The summed E-state index contributed by atoms with van der Waals surface area (Å²) in [7, 11) is 2.14. The number of para-hydroxylation sites is 2. The molecule has 5 nitrogen and oxygen atoms in total. The molecule has 2 heterocycles. The first-order valence-corrected chi connectivity index (χ1v) is 10.7. The maximum atomic E-state index is 12.8. The number of carbonyl (C=O) groups is 1. The lowest BCUT2D eigenvalue weighted by molar-refractivity contribution is 0.102. The summed E-state index contributed by atoms with van der Waals surface area (Å²) in [5, 5.41) is 6.44. The van der Waals surface area contributed by atoms with Gasteiger partial charge in [0, 0.05) is 18.7 Å². The average Bonchev–Trinajstić information content (AvgIpc) is 3.25. The number of carbonyl (C=O) groups excluding carboxylic acids is 1.